The Morgan fingerprint density at radius 3 is 1.10 bits per heavy atom. The predicted molar refractivity (Wildman–Crippen MR) is 550 cm³/mol. The summed E-state index contributed by atoms with van der Waals surface area (Å²) in [4.78, 5) is 17.3. The van der Waals surface area contributed by atoms with Crippen LogP contribution in [0.5, 0.6) is 0 Å². The first-order valence-electron chi connectivity index (χ1n) is 44.7. The molecule has 11 nitrogen and oxygen atoms in total. The largest absolute Gasteiger partial charge is 0.307 e. The molecular weight excluding hydrogens is 1650 g/mol. The number of hydrogen-bond donors (Lipinski definition) is 0. The number of fused-ring (bicyclic) bond motifs is 26. The highest BCUT2D eigenvalue weighted by molar-refractivity contribution is 7.26. The minimum absolute atomic E-state index is 0.842. The molecule has 612 valence electrons. The SMILES string of the molecule is c1ccc(-n2c3ccccc3n3c4ccc5c6ccccc6n(-c6cccc([Si](c7ccccc7)(c7ccccc7)c7cccc(-n8c9ccc(-c%10ccc([Si](c%11ccccc%11)(c%11ccccc%11)c%11cccc(-n%12c%13ccccc%13n%13c%14ccc%15c%16ccccc%16n(-c%16cccc%17c%16sc%16ccccc%16%17)c%15c%14nc%12%13)c%11)cc%10)cc9n9c%10ccccc%10nc89)c7)c6)c5c4nc23)cc1. The third-order valence-electron chi connectivity index (χ3n) is 27.9. The van der Waals surface area contributed by atoms with Crippen molar-refractivity contribution in [3.05, 3.63) is 455 Å². The van der Waals surface area contributed by atoms with Crippen LogP contribution >= 0.6 is 11.3 Å². The quantitative estimate of drug-likeness (QED) is 0.0804. The van der Waals surface area contributed by atoms with Crippen molar-refractivity contribution in [1.82, 2.24) is 51.0 Å². The second kappa shape index (κ2) is 28.4. The standard InChI is InChI=1S/C117H75N11SSi2/c1-6-32-78(33-7-1)122-100-56-23-25-58-102(100)127-105-70-67-93-90-48-16-20-53-97(90)121(112(93)110(105)119-116(122)127)79-34-28-46-88(73-79)131(84-41-12-4-13-42-84,85-43-14-5-15-44-85)89-47-30-36-81(75-89)124-104-69-64-77(72-108(104)126-99-55-22-19-52-96(99)118-115(124)126)76-62-65-86(66-63-76)130(82-37-8-2-9-38-82,83-39-10-3-11-40-83)87-45-29-35-80(74-87)123-101-57-24-26-59-103(101)128-106-71-68-94-91-49-17-21-54-98(91)125(113(94)111(106)120-117(123)128)107-60-31-51-95-92-50-18-27-61-109(92)129-114(95)107/h1-75H. The fourth-order valence-electron chi connectivity index (χ4n) is 22.5. The number of benzene rings is 19. The van der Waals surface area contributed by atoms with Crippen LogP contribution in [-0.2, 0) is 0 Å². The van der Waals surface area contributed by atoms with E-state index in [2.05, 4.69) is 491 Å². The third-order valence-corrected chi connectivity index (χ3v) is 38.7. The average Bonchev–Trinajstić information content (AvgIpc) is 1.55. The second-order valence-electron chi connectivity index (χ2n) is 34.6. The summed E-state index contributed by atoms with van der Waals surface area (Å²) in [7, 11) is -6.54. The highest BCUT2D eigenvalue weighted by atomic mass is 32.1. The number of thiophene rings is 1. The van der Waals surface area contributed by atoms with Crippen LogP contribution in [0.3, 0.4) is 0 Å². The van der Waals surface area contributed by atoms with Crippen molar-refractivity contribution in [2.45, 2.75) is 0 Å². The Morgan fingerprint density at radius 1 is 0.198 bits per heavy atom. The topological polar surface area (TPSA) is 76.5 Å². The van der Waals surface area contributed by atoms with Crippen molar-refractivity contribution in [3.8, 4) is 39.6 Å². The molecule has 9 heterocycles. The van der Waals surface area contributed by atoms with Gasteiger partial charge in [0.1, 0.15) is 11.0 Å². The maximum Gasteiger partial charge on any atom is 0.220 e. The molecule has 131 heavy (non-hydrogen) atoms. The number of rotatable bonds is 14. The van der Waals surface area contributed by atoms with Gasteiger partial charge in [-0.1, -0.05) is 309 Å². The summed E-state index contributed by atoms with van der Waals surface area (Å²) in [6, 6.07) is 169. The molecule has 0 spiro atoms. The molecule has 0 bridgehead atoms. The van der Waals surface area contributed by atoms with Crippen LogP contribution in [-0.4, -0.2) is 67.1 Å². The molecule has 0 atom stereocenters. The van der Waals surface area contributed by atoms with Gasteiger partial charge in [0.05, 0.1) is 87.6 Å². The van der Waals surface area contributed by atoms with E-state index in [0.29, 0.717) is 0 Å². The normalized spacial score (nSPS) is 12.4. The number of hydrogen-bond acceptors (Lipinski definition) is 4. The van der Waals surface area contributed by atoms with E-state index < -0.39 is 16.1 Å². The Bertz CT molecular complexity index is 9490. The van der Waals surface area contributed by atoms with E-state index >= 15 is 0 Å². The molecule has 0 saturated heterocycles. The fraction of sp³-hybridized carbons (Fsp3) is 0. The van der Waals surface area contributed by atoms with Gasteiger partial charge >= 0.3 is 0 Å². The van der Waals surface area contributed by atoms with Crippen LogP contribution in [0.4, 0.5) is 0 Å². The van der Waals surface area contributed by atoms with E-state index in [1.54, 1.807) is 0 Å². The fourth-order valence-corrected chi connectivity index (χ4v) is 33.3. The summed E-state index contributed by atoms with van der Waals surface area (Å²) < 4.78 is 21.7. The van der Waals surface area contributed by atoms with Gasteiger partial charge in [0.15, 0.2) is 16.1 Å². The molecule has 0 aliphatic heterocycles. The van der Waals surface area contributed by atoms with E-state index in [9.17, 15) is 0 Å². The lowest BCUT2D eigenvalue weighted by Crippen LogP contribution is -2.74. The monoisotopic (exact) mass is 1720 g/mol. The van der Waals surface area contributed by atoms with Crippen LogP contribution < -0.4 is 41.5 Å². The summed E-state index contributed by atoms with van der Waals surface area (Å²) in [5.41, 5.74) is 24.5. The Hall–Kier alpha value is -16.8. The summed E-state index contributed by atoms with van der Waals surface area (Å²) >= 11 is 1.86. The first kappa shape index (κ1) is 73.4. The van der Waals surface area contributed by atoms with E-state index in [4.69, 9.17) is 15.0 Å². The first-order chi connectivity index (χ1) is 65.0. The van der Waals surface area contributed by atoms with Crippen LogP contribution in [0.25, 0.3) is 187 Å². The zero-order valence-corrected chi connectivity index (χ0v) is 73.4. The highest BCUT2D eigenvalue weighted by Gasteiger charge is 2.44. The van der Waals surface area contributed by atoms with Crippen LogP contribution in [0.1, 0.15) is 0 Å². The minimum Gasteiger partial charge on any atom is -0.307 e. The maximum absolute atomic E-state index is 5.93. The van der Waals surface area contributed by atoms with Crippen molar-refractivity contribution in [3.63, 3.8) is 0 Å². The van der Waals surface area contributed by atoms with Crippen LogP contribution in [0.2, 0.25) is 0 Å². The van der Waals surface area contributed by atoms with E-state index in [1.807, 2.05) is 11.3 Å². The molecule has 0 radical (unpaired) electrons. The van der Waals surface area contributed by atoms with Crippen molar-refractivity contribution < 1.29 is 0 Å². The number of aromatic nitrogens is 11. The molecule has 0 amide bonds. The lowest BCUT2D eigenvalue weighted by atomic mass is 10.1. The minimum atomic E-state index is -3.33. The molecule has 14 heteroatoms. The van der Waals surface area contributed by atoms with Crippen molar-refractivity contribution in [2.24, 2.45) is 0 Å². The molecule has 28 rings (SSSR count). The summed E-state index contributed by atoms with van der Waals surface area (Å²) in [5, 5.41) is 17.4. The molecule has 9 aromatic heterocycles. The van der Waals surface area contributed by atoms with Gasteiger partial charge in [-0.3, -0.25) is 26.9 Å². The van der Waals surface area contributed by atoms with Gasteiger partial charge in [0, 0.05) is 59.8 Å². The summed E-state index contributed by atoms with van der Waals surface area (Å²) in [6.45, 7) is 0. The maximum atomic E-state index is 5.93. The van der Waals surface area contributed by atoms with Gasteiger partial charge in [0.2, 0.25) is 17.3 Å². The van der Waals surface area contributed by atoms with E-state index in [-0.39, 0.29) is 0 Å². The Balaban J connectivity index is 0.593. The van der Waals surface area contributed by atoms with E-state index in [1.165, 1.54) is 77.8 Å². The summed E-state index contributed by atoms with van der Waals surface area (Å²) in [6.07, 6.45) is 0. The van der Waals surface area contributed by atoms with Gasteiger partial charge in [-0.2, -0.15) is 0 Å². The smallest absolute Gasteiger partial charge is 0.220 e. The van der Waals surface area contributed by atoms with Gasteiger partial charge in [-0.15, -0.1) is 11.3 Å². The highest BCUT2D eigenvalue weighted by Crippen LogP contribution is 2.46. The summed E-state index contributed by atoms with van der Waals surface area (Å²) in [5.74, 6) is 2.57. The number of para-hydroxylation sites is 9. The lowest BCUT2D eigenvalue weighted by molar-refractivity contribution is 1.11. The first-order valence-corrected chi connectivity index (χ1v) is 49.5. The lowest BCUT2D eigenvalue weighted by Gasteiger charge is -2.35. The van der Waals surface area contributed by atoms with Crippen molar-refractivity contribution >= 4 is 216 Å². The van der Waals surface area contributed by atoms with Gasteiger partial charge in [-0.05, 0) is 198 Å². The molecule has 19 aromatic carbocycles. The van der Waals surface area contributed by atoms with Crippen LogP contribution in [0, 0.1) is 0 Å². The molecule has 0 aliphatic rings. The predicted octanol–water partition coefficient (Wildman–Crippen LogP) is 22.9. The zero-order chi connectivity index (χ0) is 85.7. The third kappa shape index (κ3) is 10.4. The second-order valence-corrected chi connectivity index (χ2v) is 43.2. The molecule has 28 aromatic rings. The molecule has 0 unspecified atom stereocenters. The van der Waals surface area contributed by atoms with Gasteiger partial charge < -0.3 is 9.13 Å². The van der Waals surface area contributed by atoms with Crippen molar-refractivity contribution in [2.75, 3.05) is 0 Å². The molecule has 0 fully saturated rings. The number of nitrogens with zero attached hydrogens (tertiary/aromatic N) is 11. The molecular formula is C117H75N11SSi2. The Labute approximate surface area is 756 Å². The van der Waals surface area contributed by atoms with Crippen molar-refractivity contribution in [1.29, 1.82) is 0 Å². The molecule has 0 saturated carbocycles. The molecule has 0 N–H and O–H groups in total. The average molecular weight is 1720 g/mol. The van der Waals surface area contributed by atoms with Gasteiger partial charge in [0.25, 0.3) is 0 Å². The molecule has 0 aliphatic carbocycles. The van der Waals surface area contributed by atoms with Crippen LogP contribution in [0.15, 0.2) is 455 Å². The van der Waals surface area contributed by atoms with Gasteiger partial charge in [-0.25, -0.2) is 15.0 Å². The Kier molecular flexibility index (Phi) is 15.9. The zero-order valence-electron chi connectivity index (χ0n) is 70.6. The number of imidazole rings is 6. The Morgan fingerprint density at radius 2 is 0.557 bits per heavy atom. The van der Waals surface area contributed by atoms with E-state index in [0.717, 1.165) is 151 Å².